The monoisotopic (exact) mass is 300 g/mol. The Morgan fingerprint density at radius 1 is 1.25 bits per heavy atom. The summed E-state index contributed by atoms with van der Waals surface area (Å²) in [6, 6.07) is 6.96. The first-order chi connectivity index (χ1) is 9.16. The smallest absolute Gasteiger partial charge is 0.215 e. The van der Waals surface area contributed by atoms with Crippen LogP contribution in [0.25, 0.3) is 0 Å². The molecular weight excluding hydrogens is 276 g/mol. The number of sulfonamides is 1. The molecule has 0 aliphatic heterocycles. The van der Waals surface area contributed by atoms with E-state index in [1.54, 1.807) is 24.3 Å². The van der Waals surface area contributed by atoms with Crippen molar-refractivity contribution in [1.29, 1.82) is 0 Å². The maximum absolute atomic E-state index is 12.1. The highest BCUT2D eigenvalue weighted by Crippen LogP contribution is 2.11. The number of rotatable bonds is 7. The molecule has 0 radical (unpaired) electrons. The van der Waals surface area contributed by atoms with Crippen LogP contribution in [-0.4, -0.2) is 44.6 Å². The highest BCUT2D eigenvalue weighted by Gasteiger charge is 2.23. The molecule has 114 valence electrons. The molecule has 0 aromatic heterocycles. The van der Waals surface area contributed by atoms with Crippen molar-refractivity contribution < 1.29 is 13.5 Å². The van der Waals surface area contributed by atoms with E-state index >= 15 is 0 Å². The van der Waals surface area contributed by atoms with Gasteiger partial charge in [0.1, 0.15) is 0 Å². The fraction of sp³-hybridized carbons (Fsp3) is 0.571. The van der Waals surface area contributed by atoms with Gasteiger partial charge in [-0.15, -0.1) is 0 Å². The van der Waals surface area contributed by atoms with E-state index in [0.717, 1.165) is 0 Å². The van der Waals surface area contributed by atoms with Crippen molar-refractivity contribution in [3.05, 3.63) is 35.4 Å². The van der Waals surface area contributed by atoms with E-state index in [1.165, 1.54) is 0 Å². The van der Waals surface area contributed by atoms with Crippen LogP contribution >= 0.6 is 0 Å². The Kier molecular flexibility index (Phi) is 5.70. The van der Waals surface area contributed by atoms with Gasteiger partial charge in [-0.25, -0.2) is 13.1 Å². The number of benzene rings is 1. The van der Waals surface area contributed by atoms with Crippen LogP contribution in [0.4, 0.5) is 0 Å². The highest BCUT2D eigenvalue weighted by molar-refractivity contribution is 7.88. The molecule has 1 aromatic rings. The first-order valence-electron chi connectivity index (χ1n) is 6.50. The summed E-state index contributed by atoms with van der Waals surface area (Å²) in [5.41, 5.74) is 1.14. The molecule has 0 aliphatic rings. The Labute approximate surface area is 121 Å². The van der Waals surface area contributed by atoms with E-state index in [2.05, 4.69) is 4.72 Å². The Balaban J connectivity index is 2.70. The topological polar surface area (TPSA) is 69.6 Å². The molecule has 5 nitrogen and oxygen atoms in total. The molecule has 0 saturated heterocycles. The van der Waals surface area contributed by atoms with Crippen LogP contribution in [-0.2, 0) is 22.4 Å². The summed E-state index contributed by atoms with van der Waals surface area (Å²) in [5, 5.41) is 9.06. The van der Waals surface area contributed by atoms with Gasteiger partial charge in [0.25, 0.3) is 0 Å². The molecule has 0 heterocycles. The fourth-order valence-electron chi connectivity index (χ4n) is 1.53. The fourth-order valence-corrected chi connectivity index (χ4v) is 2.83. The summed E-state index contributed by atoms with van der Waals surface area (Å²) < 4.78 is 26.8. The van der Waals surface area contributed by atoms with Crippen LogP contribution in [0.5, 0.6) is 0 Å². The van der Waals surface area contributed by atoms with Crippen LogP contribution in [0.15, 0.2) is 24.3 Å². The number of nitrogens with one attached hydrogen (secondary N) is 1. The molecule has 1 aromatic carbocycles. The van der Waals surface area contributed by atoms with E-state index in [1.807, 2.05) is 32.8 Å². The minimum absolute atomic E-state index is 0.0790. The molecule has 0 spiro atoms. The van der Waals surface area contributed by atoms with E-state index < -0.39 is 10.0 Å². The maximum atomic E-state index is 12.1. The largest absolute Gasteiger partial charge is 0.392 e. The molecule has 0 fully saturated rings. The number of hydrogen-bond donors (Lipinski definition) is 2. The number of likely N-dealkylation sites (N-methyl/N-ethyl adjacent to an activating group) is 1. The summed E-state index contributed by atoms with van der Waals surface area (Å²) in [5.74, 6) is -0.0790. The summed E-state index contributed by atoms with van der Waals surface area (Å²) in [6.45, 7) is 4.21. The summed E-state index contributed by atoms with van der Waals surface area (Å²) in [7, 11) is 0.447. The third-order valence-corrected chi connectivity index (χ3v) is 4.76. The molecule has 0 amide bonds. The van der Waals surface area contributed by atoms with E-state index in [-0.39, 0.29) is 17.9 Å². The van der Waals surface area contributed by atoms with Crippen LogP contribution in [0.1, 0.15) is 25.0 Å². The Bertz CT molecular complexity index is 539. The van der Waals surface area contributed by atoms with Gasteiger partial charge in [0.15, 0.2) is 0 Å². The predicted molar refractivity (Wildman–Crippen MR) is 80.8 cm³/mol. The van der Waals surface area contributed by atoms with Crippen LogP contribution in [0, 0.1) is 0 Å². The number of hydrogen-bond acceptors (Lipinski definition) is 4. The van der Waals surface area contributed by atoms with Crippen molar-refractivity contribution in [2.75, 3.05) is 20.6 Å². The van der Waals surface area contributed by atoms with Gasteiger partial charge >= 0.3 is 0 Å². The van der Waals surface area contributed by atoms with Crippen molar-refractivity contribution >= 4 is 10.0 Å². The number of aliphatic hydroxyl groups is 1. The predicted octanol–water partition coefficient (Wildman–Crippen LogP) is 0.938. The third kappa shape index (κ3) is 5.20. The molecule has 0 atom stereocenters. The first kappa shape index (κ1) is 17.1. The molecule has 6 heteroatoms. The molecule has 0 unspecified atom stereocenters. The Morgan fingerprint density at radius 3 is 2.40 bits per heavy atom. The molecule has 2 N–H and O–H groups in total. The van der Waals surface area contributed by atoms with Gasteiger partial charge in [-0.2, -0.15) is 0 Å². The summed E-state index contributed by atoms with van der Waals surface area (Å²) in [4.78, 5) is 1.97. The van der Waals surface area contributed by atoms with Crippen molar-refractivity contribution in [3.8, 4) is 0 Å². The van der Waals surface area contributed by atoms with Crippen LogP contribution < -0.4 is 4.72 Å². The lowest BCUT2D eigenvalue weighted by Crippen LogP contribution is -2.48. The zero-order valence-corrected chi connectivity index (χ0v) is 13.4. The second-order valence-electron chi connectivity index (χ2n) is 5.77. The molecule has 0 bridgehead atoms. The van der Waals surface area contributed by atoms with Gasteiger partial charge in [0.2, 0.25) is 10.0 Å². The van der Waals surface area contributed by atoms with Gasteiger partial charge < -0.3 is 10.0 Å². The number of aliphatic hydroxyl groups excluding tert-OH is 1. The molecular formula is C14H24N2O3S. The minimum atomic E-state index is -3.38. The lowest BCUT2D eigenvalue weighted by molar-refractivity contribution is 0.199. The zero-order chi connectivity index (χ0) is 15.4. The summed E-state index contributed by atoms with van der Waals surface area (Å²) >= 11 is 0. The highest BCUT2D eigenvalue weighted by atomic mass is 32.2. The average molecular weight is 300 g/mol. The SMILES string of the molecule is CN(C)C(C)(C)CNS(=O)(=O)Cc1cccc(CO)c1. The van der Waals surface area contributed by atoms with Crippen molar-refractivity contribution in [2.45, 2.75) is 31.7 Å². The lowest BCUT2D eigenvalue weighted by Gasteiger charge is -2.32. The zero-order valence-electron chi connectivity index (χ0n) is 12.5. The average Bonchev–Trinajstić information content (AvgIpc) is 2.36. The first-order valence-corrected chi connectivity index (χ1v) is 8.15. The van der Waals surface area contributed by atoms with Gasteiger partial charge in [-0.05, 0) is 39.1 Å². The Morgan fingerprint density at radius 2 is 1.85 bits per heavy atom. The summed E-state index contributed by atoms with van der Waals surface area (Å²) in [6.07, 6.45) is 0. The van der Waals surface area contributed by atoms with Crippen LogP contribution in [0.3, 0.4) is 0 Å². The normalized spacial score (nSPS) is 12.9. The molecule has 0 saturated carbocycles. The minimum Gasteiger partial charge on any atom is -0.392 e. The van der Waals surface area contributed by atoms with Gasteiger partial charge in [-0.3, -0.25) is 0 Å². The van der Waals surface area contributed by atoms with Crippen molar-refractivity contribution in [3.63, 3.8) is 0 Å². The standard InChI is InChI=1S/C14H24N2O3S/c1-14(2,16(3)4)11-15-20(18,19)10-13-7-5-6-12(8-13)9-17/h5-8,15,17H,9-11H2,1-4H3. The van der Waals surface area contributed by atoms with E-state index in [9.17, 15) is 8.42 Å². The van der Waals surface area contributed by atoms with Crippen molar-refractivity contribution in [1.82, 2.24) is 9.62 Å². The number of nitrogens with zero attached hydrogens (tertiary/aromatic N) is 1. The second kappa shape index (κ2) is 6.67. The molecule has 0 aliphatic carbocycles. The third-order valence-electron chi connectivity index (χ3n) is 3.47. The molecule has 20 heavy (non-hydrogen) atoms. The quantitative estimate of drug-likeness (QED) is 0.786. The van der Waals surface area contributed by atoms with E-state index in [0.29, 0.717) is 17.7 Å². The Hall–Kier alpha value is -0.950. The van der Waals surface area contributed by atoms with Gasteiger partial charge in [0.05, 0.1) is 12.4 Å². The van der Waals surface area contributed by atoms with Gasteiger partial charge in [0, 0.05) is 12.1 Å². The van der Waals surface area contributed by atoms with Crippen LogP contribution in [0.2, 0.25) is 0 Å². The van der Waals surface area contributed by atoms with Crippen molar-refractivity contribution in [2.24, 2.45) is 0 Å². The lowest BCUT2D eigenvalue weighted by atomic mass is 10.1. The van der Waals surface area contributed by atoms with E-state index in [4.69, 9.17) is 5.11 Å². The van der Waals surface area contributed by atoms with Gasteiger partial charge in [-0.1, -0.05) is 24.3 Å². The molecule has 1 rings (SSSR count). The maximum Gasteiger partial charge on any atom is 0.215 e. The second-order valence-corrected chi connectivity index (χ2v) is 7.57.